The Morgan fingerprint density at radius 1 is 0.750 bits per heavy atom. The van der Waals surface area contributed by atoms with E-state index < -0.39 is 54.4 Å². The van der Waals surface area contributed by atoms with Gasteiger partial charge in [0.1, 0.15) is 18.1 Å². The van der Waals surface area contributed by atoms with E-state index in [0.717, 1.165) is 16.3 Å². The van der Waals surface area contributed by atoms with Crippen molar-refractivity contribution in [1.29, 1.82) is 0 Å². The molecule has 0 radical (unpaired) electrons. The number of carbonyl (C=O) groups is 6. The van der Waals surface area contributed by atoms with Crippen molar-refractivity contribution in [3.8, 4) is 0 Å². The fourth-order valence-corrected chi connectivity index (χ4v) is 4.01. The number of urea groups is 1. The molecular weight excluding hydrogens is 524 g/mol. The van der Waals surface area contributed by atoms with Gasteiger partial charge in [-0.25, -0.2) is 14.4 Å². The zero-order valence-corrected chi connectivity index (χ0v) is 22.0. The molecule has 0 saturated heterocycles. The van der Waals surface area contributed by atoms with E-state index in [1.165, 1.54) is 6.92 Å². The molecule has 0 fully saturated rings. The lowest BCUT2D eigenvalue weighted by molar-refractivity contribution is -0.141. The summed E-state index contributed by atoms with van der Waals surface area (Å²) >= 11 is 0. The summed E-state index contributed by atoms with van der Waals surface area (Å²) in [7, 11) is 0. The lowest BCUT2D eigenvalue weighted by Crippen LogP contribution is -2.51. The van der Waals surface area contributed by atoms with Gasteiger partial charge in [-0.3, -0.25) is 14.4 Å². The Kier molecular flexibility index (Phi) is 12.4. The van der Waals surface area contributed by atoms with Crippen LogP contribution in [0.5, 0.6) is 0 Å². The van der Waals surface area contributed by atoms with E-state index in [0.29, 0.717) is 12.8 Å². The highest BCUT2D eigenvalue weighted by atomic mass is 16.4. The van der Waals surface area contributed by atoms with E-state index in [-0.39, 0.29) is 31.7 Å². The van der Waals surface area contributed by atoms with Gasteiger partial charge in [0.2, 0.25) is 11.8 Å². The molecule has 0 aliphatic carbocycles. The predicted molar refractivity (Wildman–Crippen MR) is 144 cm³/mol. The topological polar surface area (TPSA) is 211 Å². The molecule has 0 aliphatic rings. The molecule has 1 unspecified atom stereocenters. The largest absolute Gasteiger partial charge is 0.481 e. The van der Waals surface area contributed by atoms with Gasteiger partial charge in [-0.05, 0) is 42.0 Å². The Morgan fingerprint density at radius 2 is 1.38 bits per heavy atom. The molecule has 0 bridgehead atoms. The second-order valence-corrected chi connectivity index (χ2v) is 9.26. The van der Waals surface area contributed by atoms with Gasteiger partial charge in [-0.1, -0.05) is 42.5 Å². The molecule has 0 aromatic heterocycles. The van der Waals surface area contributed by atoms with Gasteiger partial charge in [0.25, 0.3) is 0 Å². The van der Waals surface area contributed by atoms with Gasteiger partial charge in [-0.15, -0.1) is 0 Å². The molecule has 4 amide bonds. The van der Waals surface area contributed by atoms with Gasteiger partial charge in [0.15, 0.2) is 0 Å². The van der Waals surface area contributed by atoms with Crippen LogP contribution in [-0.2, 0) is 30.4 Å². The number of carbonyl (C=O) groups excluding carboxylic acids is 3. The predicted octanol–water partition coefficient (Wildman–Crippen LogP) is 1.24. The molecule has 40 heavy (non-hydrogen) atoms. The van der Waals surface area contributed by atoms with Gasteiger partial charge in [0, 0.05) is 26.3 Å². The molecule has 2 aromatic carbocycles. The Bertz CT molecular complexity index is 1230. The molecule has 7 N–H and O–H groups in total. The normalized spacial score (nSPS) is 12.9. The Labute approximate surface area is 230 Å². The van der Waals surface area contributed by atoms with Crippen LogP contribution in [0.2, 0.25) is 0 Å². The van der Waals surface area contributed by atoms with Crippen molar-refractivity contribution < 1.29 is 44.1 Å². The van der Waals surface area contributed by atoms with Crippen LogP contribution in [0.15, 0.2) is 42.5 Å². The molecule has 2 rings (SSSR count). The third-order valence-electron chi connectivity index (χ3n) is 6.02. The summed E-state index contributed by atoms with van der Waals surface area (Å²) < 4.78 is 0. The number of benzene rings is 2. The number of amides is 4. The smallest absolute Gasteiger partial charge is 0.326 e. The average molecular weight is 559 g/mol. The Hall–Kier alpha value is -4.68. The average Bonchev–Trinajstić information content (AvgIpc) is 2.88. The fraction of sp³-hybridized carbons (Fsp3) is 0.407. The number of carboxylic acids is 3. The first-order valence-electron chi connectivity index (χ1n) is 12.7. The number of hydrogen-bond acceptors (Lipinski definition) is 6. The zero-order chi connectivity index (χ0) is 29.7. The standard InChI is InChI=1S/C27H34N4O9/c1-16(32)29-22(15-17-9-10-18-6-2-3-7-19(18)14-17)24(35)28-13-5-4-8-20(25(36)37)30-27(40)31-21(26(38)39)11-12-23(33)34/h2-3,6-7,9-10,14,20-22H,4-5,8,11-13,15H2,1H3,(H,28,35)(H,29,32)(H,33,34)(H,36,37)(H,38,39)(H2,30,31,40)/t20-,21-,22?/m0/s1. The molecule has 0 heterocycles. The summed E-state index contributed by atoms with van der Waals surface area (Å²) in [5.41, 5.74) is 0.870. The van der Waals surface area contributed by atoms with E-state index >= 15 is 0 Å². The second kappa shape index (κ2) is 15.7. The van der Waals surface area contributed by atoms with Crippen LogP contribution >= 0.6 is 0 Å². The number of aliphatic carboxylic acids is 3. The zero-order valence-electron chi connectivity index (χ0n) is 22.0. The van der Waals surface area contributed by atoms with Crippen LogP contribution in [0.4, 0.5) is 4.79 Å². The molecule has 3 atom stereocenters. The summed E-state index contributed by atoms with van der Waals surface area (Å²) in [6, 6.07) is 8.89. The van der Waals surface area contributed by atoms with Crippen LogP contribution in [0, 0.1) is 0 Å². The van der Waals surface area contributed by atoms with Crippen LogP contribution in [0.3, 0.4) is 0 Å². The van der Waals surface area contributed by atoms with Crippen LogP contribution in [0.1, 0.15) is 44.6 Å². The maximum absolute atomic E-state index is 12.8. The highest BCUT2D eigenvalue weighted by molar-refractivity contribution is 5.88. The molecule has 13 nitrogen and oxygen atoms in total. The van der Waals surface area contributed by atoms with Gasteiger partial charge < -0.3 is 36.6 Å². The second-order valence-electron chi connectivity index (χ2n) is 9.26. The third-order valence-corrected chi connectivity index (χ3v) is 6.02. The van der Waals surface area contributed by atoms with Crippen LogP contribution < -0.4 is 21.3 Å². The SMILES string of the molecule is CC(=O)NC(Cc1ccc2ccccc2c1)C(=O)NCCCC[C@H](NC(=O)N[C@@H](CCC(=O)O)C(=O)O)C(=O)O. The van der Waals surface area contributed by atoms with Gasteiger partial charge >= 0.3 is 23.9 Å². The first-order chi connectivity index (χ1) is 19.0. The highest BCUT2D eigenvalue weighted by Crippen LogP contribution is 2.17. The molecule has 216 valence electrons. The Morgan fingerprint density at radius 3 is 1.98 bits per heavy atom. The van der Waals surface area contributed by atoms with Gasteiger partial charge in [0.05, 0.1) is 0 Å². The molecule has 0 aliphatic heterocycles. The van der Waals surface area contributed by atoms with E-state index in [1.54, 1.807) is 0 Å². The molecule has 13 heteroatoms. The van der Waals surface area contributed by atoms with E-state index in [1.807, 2.05) is 42.5 Å². The summed E-state index contributed by atoms with van der Waals surface area (Å²) in [5, 5.41) is 38.9. The van der Waals surface area contributed by atoms with Crippen molar-refractivity contribution in [3.05, 3.63) is 48.0 Å². The first-order valence-corrected chi connectivity index (χ1v) is 12.7. The Balaban J connectivity index is 1.84. The molecule has 0 saturated carbocycles. The number of nitrogens with one attached hydrogen (secondary N) is 4. The lowest BCUT2D eigenvalue weighted by Gasteiger charge is -2.19. The van der Waals surface area contributed by atoms with Crippen molar-refractivity contribution >= 4 is 46.5 Å². The van der Waals surface area contributed by atoms with E-state index in [4.69, 9.17) is 10.2 Å². The van der Waals surface area contributed by atoms with E-state index in [2.05, 4.69) is 21.3 Å². The highest BCUT2D eigenvalue weighted by Gasteiger charge is 2.25. The third kappa shape index (κ3) is 11.0. The maximum atomic E-state index is 12.8. The van der Waals surface area contributed by atoms with Crippen LogP contribution in [-0.4, -0.2) is 75.7 Å². The number of fused-ring (bicyclic) bond motifs is 1. The van der Waals surface area contributed by atoms with Crippen LogP contribution in [0.25, 0.3) is 10.8 Å². The summed E-state index contributed by atoms with van der Waals surface area (Å²) in [6.07, 6.45) is 0.0937. The number of unbranched alkanes of at least 4 members (excludes halogenated alkanes) is 1. The van der Waals surface area contributed by atoms with Crippen molar-refractivity contribution in [2.45, 2.75) is 63.6 Å². The summed E-state index contributed by atoms with van der Waals surface area (Å²) in [5.74, 6) is -4.77. The van der Waals surface area contributed by atoms with Crippen molar-refractivity contribution in [2.75, 3.05) is 6.54 Å². The molecular formula is C27H34N4O9. The minimum Gasteiger partial charge on any atom is -0.481 e. The maximum Gasteiger partial charge on any atom is 0.326 e. The summed E-state index contributed by atoms with van der Waals surface area (Å²) in [6.45, 7) is 1.52. The minimum absolute atomic E-state index is 0.00228. The van der Waals surface area contributed by atoms with Crippen molar-refractivity contribution in [2.24, 2.45) is 0 Å². The van der Waals surface area contributed by atoms with E-state index in [9.17, 15) is 33.9 Å². The molecule has 2 aromatic rings. The van der Waals surface area contributed by atoms with Crippen molar-refractivity contribution in [1.82, 2.24) is 21.3 Å². The van der Waals surface area contributed by atoms with Gasteiger partial charge in [-0.2, -0.15) is 0 Å². The number of carboxylic acid groups (broad SMARTS) is 3. The monoisotopic (exact) mass is 558 g/mol. The number of hydrogen-bond donors (Lipinski definition) is 7. The number of rotatable bonds is 16. The quantitative estimate of drug-likeness (QED) is 0.148. The van der Waals surface area contributed by atoms with Crippen molar-refractivity contribution in [3.63, 3.8) is 0 Å². The first kappa shape index (κ1) is 31.5. The lowest BCUT2D eigenvalue weighted by atomic mass is 10.0. The fourth-order valence-electron chi connectivity index (χ4n) is 4.01. The minimum atomic E-state index is -1.49. The molecule has 0 spiro atoms. The summed E-state index contributed by atoms with van der Waals surface area (Å²) in [4.78, 5) is 70.0.